The maximum Gasteiger partial charge on any atom is 0.347 e. The molecule has 0 unspecified atom stereocenters. The molecular weight excluding hydrogens is 156 g/mol. The standard InChI is InChI=1S/C7H4N4O/c8-4-5-2-1-3-11-6(5)9-10-7(11)12/h1-3H,(H,10,12). The van der Waals surface area contributed by atoms with Gasteiger partial charge in [0.05, 0.1) is 5.56 Å². The van der Waals surface area contributed by atoms with Crippen LogP contribution in [-0.4, -0.2) is 14.6 Å². The van der Waals surface area contributed by atoms with Crippen molar-refractivity contribution in [3.8, 4) is 6.07 Å². The van der Waals surface area contributed by atoms with Crippen LogP contribution >= 0.6 is 0 Å². The van der Waals surface area contributed by atoms with Gasteiger partial charge in [-0.3, -0.25) is 0 Å². The number of aromatic amines is 1. The summed E-state index contributed by atoms with van der Waals surface area (Å²) in [6.07, 6.45) is 1.56. The van der Waals surface area contributed by atoms with Gasteiger partial charge < -0.3 is 0 Å². The lowest BCUT2D eigenvalue weighted by atomic mass is 10.3. The van der Waals surface area contributed by atoms with E-state index in [9.17, 15) is 4.79 Å². The molecule has 5 nitrogen and oxygen atoms in total. The van der Waals surface area contributed by atoms with E-state index in [0.717, 1.165) is 0 Å². The van der Waals surface area contributed by atoms with E-state index in [1.807, 2.05) is 6.07 Å². The monoisotopic (exact) mass is 160 g/mol. The number of aromatic nitrogens is 3. The minimum Gasteiger partial charge on any atom is -0.249 e. The van der Waals surface area contributed by atoms with Crippen molar-refractivity contribution in [1.29, 1.82) is 5.26 Å². The topological polar surface area (TPSA) is 73.9 Å². The van der Waals surface area contributed by atoms with Gasteiger partial charge in [-0.1, -0.05) is 0 Å². The number of nitriles is 1. The fraction of sp³-hybridized carbons (Fsp3) is 0. The van der Waals surface area contributed by atoms with Gasteiger partial charge in [0.15, 0.2) is 5.65 Å². The zero-order valence-electron chi connectivity index (χ0n) is 5.98. The summed E-state index contributed by atoms with van der Waals surface area (Å²) >= 11 is 0. The van der Waals surface area contributed by atoms with Crippen LogP contribution in [0, 0.1) is 11.3 Å². The smallest absolute Gasteiger partial charge is 0.249 e. The van der Waals surface area contributed by atoms with Crippen molar-refractivity contribution < 1.29 is 0 Å². The molecule has 0 fully saturated rings. The molecule has 0 saturated heterocycles. The lowest BCUT2D eigenvalue weighted by Gasteiger charge is -1.89. The molecule has 2 aromatic rings. The Balaban J connectivity index is 3.02. The third-order valence-corrected chi connectivity index (χ3v) is 1.56. The zero-order valence-corrected chi connectivity index (χ0v) is 5.98. The Morgan fingerprint density at radius 3 is 3.25 bits per heavy atom. The highest BCUT2D eigenvalue weighted by Crippen LogP contribution is 2.02. The van der Waals surface area contributed by atoms with Crippen molar-refractivity contribution in [2.24, 2.45) is 0 Å². The Bertz CT molecular complexity index is 516. The van der Waals surface area contributed by atoms with Gasteiger partial charge in [0, 0.05) is 6.20 Å². The van der Waals surface area contributed by atoms with E-state index in [-0.39, 0.29) is 5.69 Å². The number of hydrogen-bond acceptors (Lipinski definition) is 3. The van der Waals surface area contributed by atoms with E-state index >= 15 is 0 Å². The third kappa shape index (κ3) is 0.720. The normalized spacial score (nSPS) is 9.92. The number of nitrogens with zero attached hydrogens (tertiary/aromatic N) is 3. The number of fused-ring (bicyclic) bond motifs is 1. The lowest BCUT2D eigenvalue weighted by molar-refractivity contribution is 1.02. The van der Waals surface area contributed by atoms with Crippen molar-refractivity contribution in [3.05, 3.63) is 34.4 Å². The summed E-state index contributed by atoms with van der Waals surface area (Å²) in [5.41, 5.74) is 0.419. The molecule has 0 aromatic carbocycles. The molecule has 0 aliphatic carbocycles. The van der Waals surface area contributed by atoms with E-state index in [4.69, 9.17) is 5.26 Å². The van der Waals surface area contributed by atoms with Crippen LogP contribution in [0.5, 0.6) is 0 Å². The highest BCUT2D eigenvalue weighted by molar-refractivity contribution is 5.53. The quantitative estimate of drug-likeness (QED) is 0.584. The SMILES string of the molecule is N#Cc1cccn2c(=O)[nH]nc12. The van der Waals surface area contributed by atoms with Gasteiger partial charge in [0.2, 0.25) is 0 Å². The van der Waals surface area contributed by atoms with E-state index in [2.05, 4.69) is 10.2 Å². The molecule has 2 aromatic heterocycles. The Kier molecular flexibility index (Phi) is 1.21. The number of pyridine rings is 1. The summed E-state index contributed by atoms with van der Waals surface area (Å²) in [7, 11) is 0. The van der Waals surface area contributed by atoms with E-state index < -0.39 is 0 Å². The average molecular weight is 160 g/mol. The van der Waals surface area contributed by atoms with Crippen LogP contribution in [0.25, 0.3) is 5.65 Å². The van der Waals surface area contributed by atoms with Crippen molar-refractivity contribution >= 4 is 5.65 Å². The second kappa shape index (κ2) is 2.20. The summed E-state index contributed by atoms with van der Waals surface area (Å²) in [5.74, 6) is 0. The highest BCUT2D eigenvalue weighted by Gasteiger charge is 2.02. The predicted octanol–water partition coefficient (Wildman–Crippen LogP) is -0.106. The summed E-state index contributed by atoms with van der Waals surface area (Å²) in [4.78, 5) is 11.0. The molecule has 2 heterocycles. The fourth-order valence-corrected chi connectivity index (χ4v) is 1.02. The van der Waals surface area contributed by atoms with Gasteiger partial charge in [-0.05, 0) is 12.1 Å². The second-order valence-electron chi connectivity index (χ2n) is 2.26. The molecule has 0 atom stereocenters. The minimum atomic E-state index is -0.331. The molecule has 0 bridgehead atoms. The van der Waals surface area contributed by atoms with Crippen LogP contribution in [-0.2, 0) is 0 Å². The molecule has 0 aliphatic rings. The second-order valence-corrected chi connectivity index (χ2v) is 2.26. The van der Waals surface area contributed by atoms with Gasteiger partial charge >= 0.3 is 5.69 Å². The molecule has 0 radical (unpaired) electrons. The molecule has 5 heteroatoms. The van der Waals surface area contributed by atoms with E-state index in [1.165, 1.54) is 4.40 Å². The Morgan fingerprint density at radius 1 is 1.67 bits per heavy atom. The predicted molar refractivity (Wildman–Crippen MR) is 40.5 cm³/mol. The number of hydrogen-bond donors (Lipinski definition) is 1. The van der Waals surface area contributed by atoms with Gasteiger partial charge in [-0.2, -0.15) is 10.4 Å². The lowest BCUT2D eigenvalue weighted by Crippen LogP contribution is -2.08. The highest BCUT2D eigenvalue weighted by atomic mass is 16.1. The number of H-pyrrole nitrogens is 1. The average Bonchev–Trinajstić information content (AvgIpc) is 2.48. The van der Waals surface area contributed by atoms with Crippen molar-refractivity contribution in [3.63, 3.8) is 0 Å². The molecule has 0 saturated carbocycles. The first-order chi connectivity index (χ1) is 5.83. The molecule has 0 aliphatic heterocycles. The molecular formula is C7H4N4O. The Morgan fingerprint density at radius 2 is 2.50 bits per heavy atom. The van der Waals surface area contributed by atoms with Crippen LogP contribution in [0.4, 0.5) is 0 Å². The van der Waals surface area contributed by atoms with E-state index in [1.54, 1.807) is 18.3 Å². The molecule has 58 valence electrons. The van der Waals surface area contributed by atoms with Crippen molar-refractivity contribution in [2.75, 3.05) is 0 Å². The van der Waals surface area contributed by atoms with Gasteiger partial charge in [0.1, 0.15) is 6.07 Å². The van der Waals surface area contributed by atoms with Crippen molar-refractivity contribution in [2.45, 2.75) is 0 Å². The Labute approximate surface area is 66.9 Å². The summed E-state index contributed by atoms with van der Waals surface area (Å²) in [5, 5.41) is 14.6. The largest absolute Gasteiger partial charge is 0.347 e. The van der Waals surface area contributed by atoms with Gasteiger partial charge in [0.25, 0.3) is 0 Å². The first kappa shape index (κ1) is 6.61. The molecule has 1 N–H and O–H groups in total. The van der Waals surface area contributed by atoms with Crippen molar-refractivity contribution in [1.82, 2.24) is 14.6 Å². The van der Waals surface area contributed by atoms with Gasteiger partial charge in [-0.15, -0.1) is 0 Å². The van der Waals surface area contributed by atoms with Crippen LogP contribution in [0.2, 0.25) is 0 Å². The summed E-state index contributed by atoms with van der Waals surface area (Å²) in [6.45, 7) is 0. The number of rotatable bonds is 0. The van der Waals surface area contributed by atoms with E-state index in [0.29, 0.717) is 11.2 Å². The van der Waals surface area contributed by atoms with Crippen LogP contribution in [0.15, 0.2) is 23.1 Å². The third-order valence-electron chi connectivity index (χ3n) is 1.56. The van der Waals surface area contributed by atoms with Crippen LogP contribution < -0.4 is 5.69 Å². The summed E-state index contributed by atoms with van der Waals surface area (Å²) < 4.78 is 1.29. The summed E-state index contributed by atoms with van der Waals surface area (Å²) in [6, 6.07) is 5.18. The maximum absolute atomic E-state index is 11.0. The zero-order chi connectivity index (χ0) is 8.55. The maximum atomic E-state index is 11.0. The fourth-order valence-electron chi connectivity index (χ4n) is 1.02. The first-order valence-electron chi connectivity index (χ1n) is 3.29. The molecule has 0 spiro atoms. The molecule has 2 rings (SSSR count). The van der Waals surface area contributed by atoms with Crippen LogP contribution in [0.3, 0.4) is 0 Å². The first-order valence-corrected chi connectivity index (χ1v) is 3.29. The Hall–Kier alpha value is -2.09. The van der Waals surface area contributed by atoms with Gasteiger partial charge in [-0.25, -0.2) is 14.3 Å². The van der Waals surface area contributed by atoms with Crippen LogP contribution in [0.1, 0.15) is 5.56 Å². The molecule has 12 heavy (non-hydrogen) atoms. The number of nitrogens with one attached hydrogen (secondary N) is 1. The molecule has 0 amide bonds. The minimum absolute atomic E-state index is 0.331.